The van der Waals surface area contributed by atoms with Crippen molar-refractivity contribution in [1.82, 2.24) is 9.88 Å². The van der Waals surface area contributed by atoms with Gasteiger partial charge < -0.3 is 16.0 Å². The predicted octanol–water partition coefficient (Wildman–Crippen LogP) is 4.27. The zero-order valence-electron chi connectivity index (χ0n) is 17.5. The third-order valence-corrected chi connectivity index (χ3v) is 6.15. The van der Waals surface area contributed by atoms with Crippen molar-refractivity contribution < 1.29 is 4.79 Å². The van der Waals surface area contributed by atoms with Gasteiger partial charge in [0.15, 0.2) is 0 Å². The third kappa shape index (κ3) is 4.81. The molecule has 28 heavy (non-hydrogen) atoms. The van der Waals surface area contributed by atoms with E-state index >= 15 is 0 Å². The molecular weight excluding hydrogens is 348 g/mol. The van der Waals surface area contributed by atoms with Gasteiger partial charge in [-0.05, 0) is 61.8 Å². The molecule has 1 saturated heterocycles. The molecule has 0 aromatic carbocycles. The zero-order chi connectivity index (χ0) is 20.3. The summed E-state index contributed by atoms with van der Waals surface area (Å²) in [6, 6.07) is 4.53. The van der Waals surface area contributed by atoms with E-state index in [0.717, 1.165) is 17.8 Å². The van der Waals surface area contributed by atoms with E-state index in [1.807, 2.05) is 18.7 Å². The summed E-state index contributed by atoms with van der Waals surface area (Å²) in [6.45, 7) is 7.28. The van der Waals surface area contributed by atoms with Crippen LogP contribution in [0.4, 0.5) is 0 Å². The molecule has 2 fully saturated rings. The van der Waals surface area contributed by atoms with Gasteiger partial charge in [-0.15, -0.1) is 0 Å². The predicted molar refractivity (Wildman–Crippen MR) is 114 cm³/mol. The number of pyridine rings is 1. The van der Waals surface area contributed by atoms with E-state index in [1.165, 1.54) is 43.7 Å². The molecule has 1 atom stereocenters. The average molecular weight is 383 g/mol. The Hall–Kier alpha value is -2.17. The highest BCUT2D eigenvalue weighted by molar-refractivity contribution is 6.02. The molecule has 2 aliphatic rings. The second-order valence-corrected chi connectivity index (χ2v) is 8.75. The second-order valence-electron chi connectivity index (χ2n) is 8.75. The Bertz CT molecular complexity index is 762. The number of nitrogens with two attached hydrogens (primary N) is 1. The molecule has 0 bridgehead atoms. The number of amides is 1. The fourth-order valence-electron chi connectivity index (χ4n) is 4.37. The van der Waals surface area contributed by atoms with E-state index in [-0.39, 0.29) is 23.4 Å². The van der Waals surface area contributed by atoms with Crippen LogP contribution in [0.1, 0.15) is 81.2 Å². The monoisotopic (exact) mass is 382 g/mol. The normalized spacial score (nSPS) is 21.4. The van der Waals surface area contributed by atoms with E-state index in [9.17, 15) is 4.79 Å². The van der Waals surface area contributed by atoms with Crippen molar-refractivity contribution in [2.45, 2.75) is 71.1 Å². The van der Waals surface area contributed by atoms with Crippen molar-refractivity contribution in [2.75, 3.05) is 13.1 Å². The Morgan fingerprint density at radius 1 is 1.21 bits per heavy atom. The van der Waals surface area contributed by atoms with Crippen molar-refractivity contribution in [1.29, 1.82) is 5.41 Å². The number of nitrogens with zero attached hydrogens (tertiary/aromatic N) is 2. The lowest BCUT2D eigenvalue weighted by Gasteiger charge is -2.23. The molecule has 1 aromatic heterocycles. The molecule has 3 N–H and O–H groups in total. The Morgan fingerprint density at radius 2 is 1.93 bits per heavy atom. The lowest BCUT2D eigenvalue weighted by atomic mass is 9.83. The maximum Gasteiger partial charge on any atom is 0.269 e. The van der Waals surface area contributed by atoms with E-state index in [4.69, 9.17) is 16.1 Å². The number of carbonyl (C=O) groups is 1. The summed E-state index contributed by atoms with van der Waals surface area (Å²) in [7, 11) is 0. The first kappa shape index (κ1) is 20.6. The molecule has 1 saturated carbocycles. The van der Waals surface area contributed by atoms with E-state index in [0.29, 0.717) is 24.7 Å². The summed E-state index contributed by atoms with van der Waals surface area (Å²) in [4.78, 5) is 19.3. The summed E-state index contributed by atoms with van der Waals surface area (Å²) in [5.41, 5.74) is 10.2. The number of rotatable bonds is 5. The zero-order valence-corrected chi connectivity index (χ0v) is 17.5. The molecule has 2 heterocycles. The van der Waals surface area contributed by atoms with Gasteiger partial charge >= 0.3 is 0 Å². The topological polar surface area (TPSA) is 83.1 Å². The Morgan fingerprint density at radius 3 is 2.61 bits per heavy atom. The molecule has 0 spiro atoms. The van der Waals surface area contributed by atoms with Gasteiger partial charge in [0.05, 0.1) is 5.70 Å². The minimum Gasteiger partial charge on any atom is -0.394 e. The molecule has 5 heteroatoms. The van der Waals surface area contributed by atoms with Gasteiger partial charge in [0, 0.05) is 36.1 Å². The van der Waals surface area contributed by atoms with Gasteiger partial charge in [0.1, 0.15) is 0 Å². The first-order chi connectivity index (χ1) is 13.3. The first-order valence-corrected chi connectivity index (χ1v) is 10.7. The standard InChI is InChI=1S/C23H34N4O/c1-15(2)20(24)13-21(25)23(28)27-10-9-18(14-27)22-12-19(11-16(3)26-22)17-7-5-4-6-8-17/h11-13,15,17-18,24H,4-10,14,25H2,1-3H3/b21-13-,24-20?. The number of hydrogen-bond acceptors (Lipinski definition) is 4. The number of carbonyl (C=O) groups excluding carboxylic acids is 1. The van der Waals surface area contributed by atoms with E-state index in [1.54, 1.807) is 0 Å². The van der Waals surface area contributed by atoms with Crippen LogP contribution in [0.5, 0.6) is 0 Å². The van der Waals surface area contributed by atoms with Crippen LogP contribution in [-0.2, 0) is 4.79 Å². The fourth-order valence-corrected chi connectivity index (χ4v) is 4.37. The number of aromatic nitrogens is 1. The Labute approximate surface area is 168 Å². The van der Waals surface area contributed by atoms with Crippen molar-refractivity contribution in [3.8, 4) is 0 Å². The van der Waals surface area contributed by atoms with Crippen LogP contribution in [0, 0.1) is 18.3 Å². The number of allylic oxidation sites excluding steroid dienone is 1. The molecule has 1 aromatic rings. The second kappa shape index (κ2) is 8.89. The minimum absolute atomic E-state index is 0.0624. The summed E-state index contributed by atoms with van der Waals surface area (Å²) in [5.74, 6) is 0.831. The molecule has 5 nitrogen and oxygen atoms in total. The number of aryl methyl sites for hydroxylation is 1. The lowest BCUT2D eigenvalue weighted by Crippen LogP contribution is -2.33. The highest BCUT2D eigenvalue weighted by Gasteiger charge is 2.30. The highest BCUT2D eigenvalue weighted by Crippen LogP contribution is 2.35. The van der Waals surface area contributed by atoms with Crippen molar-refractivity contribution in [3.05, 3.63) is 40.9 Å². The van der Waals surface area contributed by atoms with Crippen LogP contribution >= 0.6 is 0 Å². The largest absolute Gasteiger partial charge is 0.394 e. The smallest absolute Gasteiger partial charge is 0.269 e. The van der Waals surface area contributed by atoms with Crippen LogP contribution in [0.25, 0.3) is 0 Å². The summed E-state index contributed by atoms with van der Waals surface area (Å²) < 4.78 is 0. The van der Waals surface area contributed by atoms with Gasteiger partial charge in [-0.1, -0.05) is 33.1 Å². The number of nitrogens with one attached hydrogen (secondary N) is 1. The summed E-state index contributed by atoms with van der Waals surface area (Å²) >= 11 is 0. The summed E-state index contributed by atoms with van der Waals surface area (Å²) in [5, 5.41) is 7.92. The van der Waals surface area contributed by atoms with Gasteiger partial charge in [-0.25, -0.2) is 0 Å². The lowest BCUT2D eigenvalue weighted by molar-refractivity contribution is -0.126. The number of likely N-dealkylation sites (tertiary alicyclic amines) is 1. The molecule has 152 valence electrons. The maximum absolute atomic E-state index is 12.7. The molecule has 1 aliphatic heterocycles. The SMILES string of the molecule is Cc1cc(C2CCCCC2)cc(C2CCN(C(=O)/C(N)=C/C(=N)C(C)C)C2)n1. The first-order valence-electron chi connectivity index (χ1n) is 10.7. The van der Waals surface area contributed by atoms with Crippen LogP contribution in [0.2, 0.25) is 0 Å². The quantitative estimate of drug-likeness (QED) is 0.589. The average Bonchev–Trinajstić information content (AvgIpc) is 3.17. The number of hydrogen-bond donors (Lipinski definition) is 2. The molecule has 1 unspecified atom stereocenters. The highest BCUT2D eigenvalue weighted by atomic mass is 16.2. The third-order valence-electron chi connectivity index (χ3n) is 6.15. The summed E-state index contributed by atoms with van der Waals surface area (Å²) in [6.07, 6.45) is 8.99. The van der Waals surface area contributed by atoms with Gasteiger partial charge in [0.25, 0.3) is 5.91 Å². The minimum atomic E-state index is -0.159. The van der Waals surface area contributed by atoms with E-state index in [2.05, 4.69) is 19.1 Å². The van der Waals surface area contributed by atoms with E-state index < -0.39 is 0 Å². The van der Waals surface area contributed by atoms with Gasteiger partial charge in [-0.2, -0.15) is 0 Å². The molecule has 1 aliphatic carbocycles. The van der Waals surface area contributed by atoms with Crippen molar-refractivity contribution >= 4 is 11.6 Å². The van der Waals surface area contributed by atoms with Gasteiger partial charge in [0.2, 0.25) is 0 Å². The van der Waals surface area contributed by atoms with Crippen molar-refractivity contribution in [3.63, 3.8) is 0 Å². The van der Waals surface area contributed by atoms with Crippen LogP contribution < -0.4 is 5.73 Å². The molecule has 0 radical (unpaired) electrons. The Kier molecular flexibility index (Phi) is 6.53. The van der Waals surface area contributed by atoms with Crippen LogP contribution in [0.15, 0.2) is 23.9 Å². The van der Waals surface area contributed by atoms with Crippen molar-refractivity contribution in [2.24, 2.45) is 11.7 Å². The fraction of sp³-hybridized carbons (Fsp3) is 0.609. The molecule has 1 amide bonds. The van der Waals surface area contributed by atoms with Gasteiger partial charge in [-0.3, -0.25) is 9.78 Å². The molecular formula is C23H34N4O. The Balaban J connectivity index is 1.70. The van der Waals surface area contributed by atoms with Crippen LogP contribution in [-0.4, -0.2) is 34.6 Å². The van der Waals surface area contributed by atoms with Crippen LogP contribution in [0.3, 0.4) is 0 Å². The maximum atomic E-state index is 12.7. The molecule has 3 rings (SSSR count).